The molecule has 2 aliphatic heterocycles. The van der Waals surface area contributed by atoms with Crippen LogP contribution < -0.4 is 0 Å². The summed E-state index contributed by atoms with van der Waals surface area (Å²) in [6, 6.07) is 0.367. The predicted octanol–water partition coefficient (Wildman–Crippen LogP) is 1.33. The van der Waals surface area contributed by atoms with Crippen LogP contribution in [-0.2, 0) is 9.47 Å². The first kappa shape index (κ1) is 13.6. The molecule has 2 rings (SSSR count). The molecule has 2 atom stereocenters. The summed E-state index contributed by atoms with van der Waals surface area (Å²) in [4.78, 5) is 15.4. The van der Waals surface area contributed by atoms with Crippen molar-refractivity contribution in [3.05, 3.63) is 0 Å². The van der Waals surface area contributed by atoms with Crippen molar-refractivity contribution in [2.75, 3.05) is 41.0 Å². The molecule has 5 nitrogen and oxygen atoms in total. The van der Waals surface area contributed by atoms with Crippen LogP contribution in [0.4, 0.5) is 4.79 Å². The Morgan fingerprint density at radius 2 is 2.22 bits per heavy atom. The van der Waals surface area contributed by atoms with Crippen molar-refractivity contribution >= 4 is 6.09 Å². The minimum Gasteiger partial charge on any atom is -0.448 e. The average molecular weight is 256 g/mol. The average Bonchev–Trinajstić information content (AvgIpc) is 2.85. The van der Waals surface area contributed by atoms with Gasteiger partial charge in [0.25, 0.3) is 0 Å². The molecule has 2 heterocycles. The Morgan fingerprint density at radius 1 is 1.44 bits per heavy atom. The van der Waals surface area contributed by atoms with Gasteiger partial charge in [0.05, 0.1) is 6.61 Å². The number of hydrogen-bond acceptors (Lipinski definition) is 4. The molecule has 5 heteroatoms. The van der Waals surface area contributed by atoms with E-state index >= 15 is 0 Å². The summed E-state index contributed by atoms with van der Waals surface area (Å²) in [5.74, 6) is 0. The van der Waals surface area contributed by atoms with Crippen LogP contribution >= 0.6 is 0 Å². The first-order valence-corrected chi connectivity index (χ1v) is 6.69. The van der Waals surface area contributed by atoms with Crippen molar-refractivity contribution in [3.63, 3.8) is 0 Å². The lowest BCUT2D eigenvalue weighted by Crippen LogP contribution is -2.47. The fourth-order valence-electron chi connectivity index (χ4n) is 3.35. The van der Waals surface area contributed by atoms with E-state index in [1.54, 1.807) is 21.2 Å². The summed E-state index contributed by atoms with van der Waals surface area (Å²) < 4.78 is 10.7. The minimum absolute atomic E-state index is 0.212. The second-order valence-corrected chi connectivity index (χ2v) is 5.62. The van der Waals surface area contributed by atoms with E-state index in [0.717, 1.165) is 26.0 Å². The summed E-state index contributed by atoms with van der Waals surface area (Å²) >= 11 is 0. The van der Waals surface area contributed by atoms with Crippen LogP contribution in [-0.4, -0.2) is 68.4 Å². The molecule has 2 aliphatic rings. The number of rotatable bonds is 4. The van der Waals surface area contributed by atoms with Crippen LogP contribution in [0.1, 0.15) is 25.7 Å². The maximum absolute atomic E-state index is 11.5. The van der Waals surface area contributed by atoms with E-state index in [4.69, 9.17) is 9.47 Å². The number of ether oxygens (including phenoxy) is 2. The number of carbonyl (C=O) groups is 1. The number of amides is 1. The van der Waals surface area contributed by atoms with Gasteiger partial charge in [0.1, 0.15) is 6.61 Å². The molecule has 1 amide bonds. The van der Waals surface area contributed by atoms with E-state index in [-0.39, 0.29) is 11.6 Å². The second kappa shape index (κ2) is 5.45. The molecule has 104 valence electrons. The monoisotopic (exact) mass is 256 g/mol. The largest absolute Gasteiger partial charge is 0.448 e. The SMILES string of the molecule is COCC12CCCN1C(COC(=O)N(C)C)CC2. The van der Waals surface area contributed by atoms with E-state index in [2.05, 4.69) is 4.90 Å². The summed E-state index contributed by atoms with van der Waals surface area (Å²) in [6.07, 6.45) is 4.44. The van der Waals surface area contributed by atoms with Gasteiger partial charge in [-0.1, -0.05) is 0 Å². The minimum atomic E-state index is -0.251. The molecular formula is C13H24N2O3. The van der Waals surface area contributed by atoms with Crippen molar-refractivity contribution in [1.82, 2.24) is 9.80 Å². The molecule has 0 aromatic heterocycles. The van der Waals surface area contributed by atoms with Gasteiger partial charge in [-0.15, -0.1) is 0 Å². The van der Waals surface area contributed by atoms with Crippen LogP contribution in [0.3, 0.4) is 0 Å². The predicted molar refractivity (Wildman–Crippen MR) is 68.6 cm³/mol. The molecule has 2 fully saturated rings. The Bertz CT molecular complexity index is 309. The van der Waals surface area contributed by atoms with Crippen molar-refractivity contribution in [2.45, 2.75) is 37.3 Å². The highest BCUT2D eigenvalue weighted by molar-refractivity contribution is 5.66. The maximum atomic E-state index is 11.5. The lowest BCUT2D eigenvalue weighted by molar-refractivity contribution is 0.0293. The van der Waals surface area contributed by atoms with E-state index in [9.17, 15) is 4.79 Å². The zero-order chi connectivity index (χ0) is 13.2. The van der Waals surface area contributed by atoms with Crippen LogP contribution in [0, 0.1) is 0 Å². The molecule has 0 N–H and O–H groups in total. The zero-order valence-corrected chi connectivity index (χ0v) is 11.6. The Kier molecular flexibility index (Phi) is 4.12. The molecular weight excluding hydrogens is 232 g/mol. The van der Waals surface area contributed by atoms with Crippen LogP contribution in [0.2, 0.25) is 0 Å². The van der Waals surface area contributed by atoms with E-state index in [0.29, 0.717) is 12.6 Å². The zero-order valence-electron chi connectivity index (χ0n) is 11.6. The summed E-state index contributed by atoms with van der Waals surface area (Å²) in [5.41, 5.74) is 0.212. The van der Waals surface area contributed by atoms with Gasteiger partial charge < -0.3 is 14.4 Å². The molecule has 0 aliphatic carbocycles. The molecule has 2 saturated heterocycles. The van der Waals surface area contributed by atoms with E-state index in [1.165, 1.54) is 17.7 Å². The topological polar surface area (TPSA) is 42.0 Å². The van der Waals surface area contributed by atoms with Gasteiger partial charge in [-0.3, -0.25) is 4.90 Å². The van der Waals surface area contributed by atoms with Gasteiger partial charge in [-0.05, 0) is 32.2 Å². The van der Waals surface area contributed by atoms with Gasteiger partial charge in [0.2, 0.25) is 0 Å². The number of hydrogen-bond donors (Lipinski definition) is 0. The van der Waals surface area contributed by atoms with Gasteiger partial charge in [0, 0.05) is 32.8 Å². The van der Waals surface area contributed by atoms with Crippen LogP contribution in [0.25, 0.3) is 0 Å². The normalized spacial score (nSPS) is 31.4. The Labute approximate surface area is 109 Å². The smallest absolute Gasteiger partial charge is 0.409 e. The molecule has 0 spiro atoms. The highest BCUT2D eigenvalue weighted by Gasteiger charge is 2.49. The molecule has 0 aromatic rings. The molecule has 0 radical (unpaired) electrons. The fraction of sp³-hybridized carbons (Fsp3) is 0.923. The van der Waals surface area contributed by atoms with Crippen molar-refractivity contribution in [2.24, 2.45) is 0 Å². The third-order valence-electron chi connectivity index (χ3n) is 4.21. The van der Waals surface area contributed by atoms with E-state index < -0.39 is 0 Å². The first-order valence-electron chi connectivity index (χ1n) is 6.69. The summed E-state index contributed by atoms with van der Waals surface area (Å²) in [7, 11) is 5.19. The summed E-state index contributed by atoms with van der Waals surface area (Å²) in [6.45, 7) is 2.40. The lowest BCUT2D eigenvalue weighted by atomic mass is 9.95. The molecule has 0 bridgehead atoms. The third kappa shape index (κ3) is 2.47. The summed E-state index contributed by atoms with van der Waals surface area (Å²) in [5, 5.41) is 0. The van der Waals surface area contributed by atoms with Gasteiger partial charge in [-0.25, -0.2) is 4.79 Å². The Morgan fingerprint density at radius 3 is 2.89 bits per heavy atom. The molecule has 2 unspecified atom stereocenters. The molecule has 0 saturated carbocycles. The molecule has 18 heavy (non-hydrogen) atoms. The standard InChI is InChI=1S/C13H24N2O3/c1-14(2)12(16)18-9-11-5-7-13(10-17-3)6-4-8-15(11)13/h11H,4-10H2,1-3H3. The van der Waals surface area contributed by atoms with Crippen molar-refractivity contribution < 1.29 is 14.3 Å². The lowest BCUT2D eigenvalue weighted by Gasteiger charge is -2.34. The van der Waals surface area contributed by atoms with Crippen LogP contribution in [0.15, 0.2) is 0 Å². The van der Waals surface area contributed by atoms with Gasteiger partial charge in [0.15, 0.2) is 0 Å². The third-order valence-corrected chi connectivity index (χ3v) is 4.21. The molecule has 0 aromatic carbocycles. The highest BCUT2D eigenvalue weighted by atomic mass is 16.6. The van der Waals surface area contributed by atoms with Gasteiger partial charge >= 0.3 is 6.09 Å². The number of methoxy groups -OCH3 is 1. The maximum Gasteiger partial charge on any atom is 0.409 e. The second-order valence-electron chi connectivity index (χ2n) is 5.62. The highest BCUT2D eigenvalue weighted by Crippen LogP contribution is 2.42. The van der Waals surface area contributed by atoms with E-state index in [1.807, 2.05) is 0 Å². The van der Waals surface area contributed by atoms with Crippen LogP contribution in [0.5, 0.6) is 0 Å². The number of carbonyl (C=O) groups excluding carboxylic acids is 1. The number of nitrogens with zero attached hydrogens (tertiary/aromatic N) is 2. The van der Waals surface area contributed by atoms with Crippen molar-refractivity contribution in [1.29, 1.82) is 0 Å². The Hall–Kier alpha value is -0.810. The quantitative estimate of drug-likeness (QED) is 0.761. The Balaban J connectivity index is 1.90. The first-order chi connectivity index (χ1) is 8.59. The van der Waals surface area contributed by atoms with Crippen molar-refractivity contribution in [3.8, 4) is 0 Å². The fourth-order valence-corrected chi connectivity index (χ4v) is 3.35. The van der Waals surface area contributed by atoms with Gasteiger partial charge in [-0.2, -0.15) is 0 Å². The number of fused-ring (bicyclic) bond motifs is 1.